The van der Waals surface area contributed by atoms with Gasteiger partial charge in [-0.25, -0.2) is 10.4 Å². The summed E-state index contributed by atoms with van der Waals surface area (Å²) in [7, 11) is 1.52. The van der Waals surface area contributed by atoms with E-state index in [9.17, 15) is 14.7 Å². The van der Waals surface area contributed by atoms with Crippen molar-refractivity contribution >= 4 is 22.6 Å². The highest BCUT2D eigenvalue weighted by atomic mass is 16.3. The van der Waals surface area contributed by atoms with Gasteiger partial charge >= 0.3 is 0 Å². The quantitative estimate of drug-likeness (QED) is 0.739. The number of nitrogens with one attached hydrogen (secondary N) is 1. The number of amides is 2. The van der Waals surface area contributed by atoms with Crippen LogP contribution in [-0.4, -0.2) is 29.0 Å². The van der Waals surface area contributed by atoms with Gasteiger partial charge in [-0.1, -0.05) is 12.1 Å². The largest absolute Gasteiger partial charge is 0.507 e. The smallest absolute Gasteiger partial charge is 0.275 e. The van der Waals surface area contributed by atoms with Gasteiger partial charge in [0, 0.05) is 17.8 Å². The summed E-state index contributed by atoms with van der Waals surface area (Å²) in [6.45, 7) is 0. The molecule has 1 aliphatic heterocycles. The van der Waals surface area contributed by atoms with E-state index < -0.39 is 11.8 Å². The molecular weight excluding hydrogens is 232 g/mol. The molecule has 2 aromatic carbocycles. The zero-order chi connectivity index (χ0) is 12.9. The van der Waals surface area contributed by atoms with Crippen LogP contribution in [0.15, 0.2) is 30.3 Å². The van der Waals surface area contributed by atoms with Crippen molar-refractivity contribution in [1.82, 2.24) is 10.4 Å². The minimum atomic E-state index is -0.411. The summed E-state index contributed by atoms with van der Waals surface area (Å²) in [5, 5.41) is 11.8. The number of imide groups is 1. The van der Waals surface area contributed by atoms with Gasteiger partial charge in [0.15, 0.2) is 0 Å². The number of nitrogens with zero attached hydrogens (tertiary/aromatic N) is 1. The van der Waals surface area contributed by atoms with Gasteiger partial charge in [0.25, 0.3) is 11.8 Å². The second-order valence-electron chi connectivity index (χ2n) is 4.03. The average molecular weight is 242 g/mol. The highest BCUT2D eigenvalue weighted by molar-refractivity contribution is 6.25. The van der Waals surface area contributed by atoms with Crippen LogP contribution in [0, 0.1) is 0 Å². The number of carbonyl (C=O) groups is 2. The van der Waals surface area contributed by atoms with Crippen molar-refractivity contribution in [3.63, 3.8) is 0 Å². The highest BCUT2D eigenvalue weighted by Gasteiger charge is 2.32. The number of hydrazine groups is 1. The summed E-state index contributed by atoms with van der Waals surface area (Å²) < 4.78 is 0. The van der Waals surface area contributed by atoms with Crippen LogP contribution < -0.4 is 5.43 Å². The van der Waals surface area contributed by atoms with Crippen molar-refractivity contribution in [1.29, 1.82) is 0 Å². The van der Waals surface area contributed by atoms with Gasteiger partial charge < -0.3 is 5.11 Å². The molecule has 5 nitrogen and oxygen atoms in total. The zero-order valence-corrected chi connectivity index (χ0v) is 9.60. The van der Waals surface area contributed by atoms with Crippen LogP contribution in [0.25, 0.3) is 10.8 Å². The molecule has 90 valence electrons. The fourth-order valence-electron chi connectivity index (χ4n) is 2.28. The number of carbonyl (C=O) groups excluding carboxylic acids is 2. The fourth-order valence-corrected chi connectivity index (χ4v) is 2.28. The normalized spacial score (nSPS) is 14.4. The van der Waals surface area contributed by atoms with Crippen LogP contribution >= 0.6 is 0 Å². The molecule has 0 aliphatic carbocycles. The van der Waals surface area contributed by atoms with Gasteiger partial charge in [0.1, 0.15) is 5.75 Å². The predicted molar refractivity (Wildman–Crippen MR) is 65.2 cm³/mol. The summed E-state index contributed by atoms with van der Waals surface area (Å²) in [6, 6.07) is 8.00. The Morgan fingerprint density at radius 2 is 1.72 bits per heavy atom. The standard InChI is InChI=1S/C13H10N2O3/c1-14-15-12(17)8-4-2-3-7-10(16)6-5-9(11(7)8)13(15)18/h2-6,14,16H,1H3. The monoisotopic (exact) mass is 242 g/mol. The molecule has 0 saturated heterocycles. The summed E-state index contributed by atoms with van der Waals surface area (Å²) >= 11 is 0. The molecule has 5 heteroatoms. The lowest BCUT2D eigenvalue weighted by atomic mass is 9.94. The third-order valence-electron chi connectivity index (χ3n) is 3.11. The molecule has 0 fully saturated rings. The Morgan fingerprint density at radius 3 is 2.39 bits per heavy atom. The van der Waals surface area contributed by atoms with Crippen molar-refractivity contribution < 1.29 is 14.7 Å². The van der Waals surface area contributed by atoms with Gasteiger partial charge in [-0.15, -0.1) is 0 Å². The summed E-state index contributed by atoms with van der Waals surface area (Å²) in [6.07, 6.45) is 0. The molecule has 0 radical (unpaired) electrons. The Bertz CT molecular complexity index is 672. The molecule has 0 unspecified atom stereocenters. The maximum absolute atomic E-state index is 12.1. The molecule has 2 amide bonds. The molecule has 0 atom stereocenters. The van der Waals surface area contributed by atoms with Gasteiger partial charge in [-0.3, -0.25) is 9.59 Å². The van der Waals surface area contributed by atoms with Crippen LogP contribution in [0.3, 0.4) is 0 Å². The molecular formula is C13H10N2O3. The van der Waals surface area contributed by atoms with Crippen molar-refractivity contribution in [2.75, 3.05) is 7.05 Å². The number of aromatic hydroxyl groups is 1. The molecule has 0 bridgehead atoms. The maximum atomic E-state index is 12.1. The average Bonchev–Trinajstić information content (AvgIpc) is 2.38. The van der Waals surface area contributed by atoms with Crippen LogP contribution in [0.1, 0.15) is 20.7 Å². The molecule has 2 N–H and O–H groups in total. The Kier molecular flexibility index (Phi) is 2.11. The first-order valence-electron chi connectivity index (χ1n) is 5.46. The minimum Gasteiger partial charge on any atom is -0.507 e. The lowest BCUT2D eigenvalue weighted by Gasteiger charge is -2.26. The SMILES string of the molecule is CNN1C(=O)c2cccc3c(O)ccc(c23)C1=O. The third-order valence-corrected chi connectivity index (χ3v) is 3.11. The summed E-state index contributed by atoms with van der Waals surface area (Å²) in [5.74, 6) is -0.758. The van der Waals surface area contributed by atoms with E-state index in [2.05, 4.69) is 5.43 Å². The molecule has 18 heavy (non-hydrogen) atoms. The molecule has 0 aromatic heterocycles. The predicted octanol–water partition coefficient (Wildman–Crippen LogP) is 1.28. The lowest BCUT2D eigenvalue weighted by molar-refractivity contribution is 0.0540. The zero-order valence-electron chi connectivity index (χ0n) is 9.60. The summed E-state index contributed by atoms with van der Waals surface area (Å²) in [4.78, 5) is 24.2. The van der Waals surface area contributed by atoms with E-state index in [1.54, 1.807) is 18.2 Å². The minimum absolute atomic E-state index is 0.0640. The van der Waals surface area contributed by atoms with Gasteiger partial charge in [-0.05, 0) is 18.2 Å². The highest BCUT2D eigenvalue weighted by Crippen LogP contribution is 2.34. The Morgan fingerprint density at radius 1 is 1.06 bits per heavy atom. The van der Waals surface area contributed by atoms with E-state index in [1.807, 2.05) is 0 Å². The van der Waals surface area contributed by atoms with E-state index >= 15 is 0 Å². The first-order chi connectivity index (χ1) is 8.65. The lowest BCUT2D eigenvalue weighted by Crippen LogP contribution is -2.47. The third kappa shape index (κ3) is 1.19. The van der Waals surface area contributed by atoms with E-state index in [0.717, 1.165) is 5.01 Å². The Balaban J connectivity index is 2.46. The maximum Gasteiger partial charge on any atom is 0.275 e. The van der Waals surface area contributed by atoms with E-state index in [4.69, 9.17) is 0 Å². The first kappa shape index (κ1) is 10.7. The van der Waals surface area contributed by atoms with Gasteiger partial charge in [-0.2, -0.15) is 0 Å². The Labute approximate surface area is 103 Å². The van der Waals surface area contributed by atoms with E-state index in [0.29, 0.717) is 21.9 Å². The number of phenolic OH excluding ortho intramolecular Hbond substituents is 1. The number of benzene rings is 2. The number of phenols is 1. The van der Waals surface area contributed by atoms with Crippen molar-refractivity contribution in [2.24, 2.45) is 0 Å². The van der Waals surface area contributed by atoms with Crippen molar-refractivity contribution in [2.45, 2.75) is 0 Å². The Hall–Kier alpha value is -2.40. The molecule has 1 heterocycles. The van der Waals surface area contributed by atoms with E-state index in [-0.39, 0.29) is 5.75 Å². The molecule has 0 saturated carbocycles. The number of hydrogen-bond acceptors (Lipinski definition) is 4. The van der Waals surface area contributed by atoms with Crippen molar-refractivity contribution in [3.05, 3.63) is 41.5 Å². The molecule has 2 aromatic rings. The van der Waals surface area contributed by atoms with E-state index in [1.165, 1.54) is 19.2 Å². The van der Waals surface area contributed by atoms with Gasteiger partial charge in [0.05, 0.1) is 11.1 Å². The van der Waals surface area contributed by atoms with Crippen LogP contribution in [0.4, 0.5) is 0 Å². The van der Waals surface area contributed by atoms with Crippen LogP contribution in [0.5, 0.6) is 5.75 Å². The first-order valence-corrected chi connectivity index (χ1v) is 5.46. The topological polar surface area (TPSA) is 69.6 Å². The second kappa shape index (κ2) is 3.54. The van der Waals surface area contributed by atoms with Gasteiger partial charge in [0.2, 0.25) is 0 Å². The molecule has 0 spiro atoms. The fraction of sp³-hybridized carbons (Fsp3) is 0.0769. The molecule has 1 aliphatic rings. The number of hydrogen-bond donors (Lipinski definition) is 2. The van der Waals surface area contributed by atoms with Crippen LogP contribution in [0.2, 0.25) is 0 Å². The molecule has 3 rings (SSSR count). The second-order valence-corrected chi connectivity index (χ2v) is 4.03. The van der Waals surface area contributed by atoms with Crippen molar-refractivity contribution in [3.8, 4) is 5.75 Å². The summed E-state index contributed by atoms with van der Waals surface area (Å²) in [5.41, 5.74) is 3.39. The number of rotatable bonds is 1. The van der Waals surface area contributed by atoms with Crippen LogP contribution in [-0.2, 0) is 0 Å².